The number of hydrogen-bond donors (Lipinski definition) is 1. The zero-order valence-electron chi connectivity index (χ0n) is 12.5. The van der Waals surface area contributed by atoms with E-state index in [2.05, 4.69) is 4.98 Å². The number of benzene rings is 1. The molecule has 2 heterocycles. The fourth-order valence-electron chi connectivity index (χ4n) is 2.26. The third kappa shape index (κ3) is 3.70. The molecule has 2 N–H and O–H groups in total. The average Bonchev–Trinajstić information content (AvgIpc) is 2.99. The highest BCUT2D eigenvalue weighted by atomic mass is 32.2. The molecule has 0 bridgehead atoms. The lowest BCUT2D eigenvalue weighted by Crippen LogP contribution is -2.37. The SMILES string of the molecule is NC/C(=C\F)COc1ccc2nc(N3CCS(=O)CC3)oc2c1. The number of fused-ring (bicyclic) bond motifs is 1. The van der Waals surface area contributed by atoms with Gasteiger partial charge in [0.15, 0.2) is 5.58 Å². The molecule has 2 aromatic rings. The van der Waals surface area contributed by atoms with E-state index in [0.717, 1.165) is 5.52 Å². The van der Waals surface area contributed by atoms with Crippen LogP contribution in [0.3, 0.4) is 0 Å². The number of anilines is 1. The van der Waals surface area contributed by atoms with Crippen LogP contribution >= 0.6 is 0 Å². The Morgan fingerprint density at radius 3 is 2.96 bits per heavy atom. The van der Waals surface area contributed by atoms with Gasteiger partial charge in [-0.05, 0) is 12.1 Å². The first kappa shape index (κ1) is 15.9. The highest BCUT2D eigenvalue weighted by Crippen LogP contribution is 2.26. The number of rotatable bonds is 5. The van der Waals surface area contributed by atoms with Crippen molar-refractivity contribution < 1.29 is 17.8 Å². The number of ether oxygens (including phenoxy) is 1. The van der Waals surface area contributed by atoms with Crippen LogP contribution in [0.1, 0.15) is 0 Å². The summed E-state index contributed by atoms with van der Waals surface area (Å²) in [7, 11) is -0.743. The van der Waals surface area contributed by atoms with Crippen LogP contribution in [0.4, 0.5) is 10.4 Å². The minimum Gasteiger partial charge on any atom is -0.489 e. The van der Waals surface area contributed by atoms with Crippen LogP contribution in [0.25, 0.3) is 11.1 Å². The van der Waals surface area contributed by atoms with Gasteiger partial charge in [0, 0.05) is 53.6 Å². The van der Waals surface area contributed by atoms with E-state index < -0.39 is 10.8 Å². The lowest BCUT2D eigenvalue weighted by atomic mass is 10.3. The molecule has 0 atom stereocenters. The van der Waals surface area contributed by atoms with Crippen LogP contribution in [0, 0.1) is 0 Å². The predicted molar refractivity (Wildman–Crippen MR) is 87.8 cm³/mol. The summed E-state index contributed by atoms with van der Waals surface area (Å²) in [6.45, 7) is 1.55. The van der Waals surface area contributed by atoms with Gasteiger partial charge in [0.2, 0.25) is 0 Å². The average molecular weight is 339 g/mol. The van der Waals surface area contributed by atoms with Crippen LogP contribution in [-0.4, -0.2) is 46.9 Å². The Morgan fingerprint density at radius 1 is 1.48 bits per heavy atom. The first-order chi connectivity index (χ1) is 11.2. The van der Waals surface area contributed by atoms with Gasteiger partial charge in [-0.2, -0.15) is 4.98 Å². The molecule has 6 nitrogen and oxygen atoms in total. The van der Waals surface area contributed by atoms with Gasteiger partial charge in [0.05, 0.1) is 6.33 Å². The van der Waals surface area contributed by atoms with E-state index in [0.29, 0.717) is 53.8 Å². The second-order valence-corrected chi connectivity index (χ2v) is 6.92. The van der Waals surface area contributed by atoms with Crippen LogP contribution in [0.5, 0.6) is 5.75 Å². The molecule has 1 aromatic heterocycles. The minimum absolute atomic E-state index is 0.0947. The number of nitrogens with zero attached hydrogens (tertiary/aromatic N) is 2. The molecule has 0 radical (unpaired) electrons. The topological polar surface area (TPSA) is 81.6 Å². The number of aromatic nitrogens is 1. The smallest absolute Gasteiger partial charge is 0.298 e. The van der Waals surface area contributed by atoms with Gasteiger partial charge in [-0.15, -0.1) is 0 Å². The largest absolute Gasteiger partial charge is 0.489 e. The van der Waals surface area contributed by atoms with E-state index in [1.165, 1.54) is 0 Å². The summed E-state index contributed by atoms with van der Waals surface area (Å²) in [5.41, 5.74) is 7.09. The lowest BCUT2D eigenvalue weighted by Gasteiger charge is -2.24. The number of oxazole rings is 1. The molecule has 0 amide bonds. The highest BCUT2D eigenvalue weighted by Gasteiger charge is 2.20. The molecule has 0 saturated carbocycles. The standard InChI is InChI=1S/C15H18FN3O3S/c16-8-11(9-17)10-21-12-1-2-13-14(7-12)22-15(18-13)19-3-5-23(20)6-4-19/h1-2,7-8H,3-6,9-10,17H2/b11-8+. The fraction of sp³-hybridized carbons (Fsp3) is 0.400. The van der Waals surface area contributed by atoms with Crippen LogP contribution < -0.4 is 15.4 Å². The maximum absolute atomic E-state index is 12.5. The third-order valence-corrected chi connectivity index (χ3v) is 4.91. The van der Waals surface area contributed by atoms with Gasteiger partial charge < -0.3 is 19.8 Å². The molecule has 0 unspecified atom stereocenters. The molecule has 1 fully saturated rings. The molecule has 8 heteroatoms. The quantitative estimate of drug-likeness (QED) is 0.891. The van der Waals surface area contributed by atoms with Gasteiger partial charge in [-0.1, -0.05) is 0 Å². The first-order valence-corrected chi connectivity index (χ1v) is 8.80. The number of halogens is 1. The number of nitrogens with two attached hydrogens (primary N) is 1. The Labute approximate surface area is 135 Å². The molecular formula is C15H18FN3O3S. The molecule has 0 spiro atoms. The van der Waals surface area contributed by atoms with E-state index in [4.69, 9.17) is 14.9 Å². The fourth-order valence-corrected chi connectivity index (χ4v) is 3.31. The van der Waals surface area contributed by atoms with Crippen molar-refractivity contribution >= 4 is 27.9 Å². The van der Waals surface area contributed by atoms with E-state index in [-0.39, 0.29) is 13.2 Å². The van der Waals surface area contributed by atoms with E-state index in [1.807, 2.05) is 4.90 Å². The van der Waals surface area contributed by atoms with Crippen molar-refractivity contribution in [2.45, 2.75) is 0 Å². The molecule has 0 aliphatic carbocycles. The lowest BCUT2D eigenvalue weighted by molar-refractivity contribution is 0.347. The summed E-state index contributed by atoms with van der Waals surface area (Å²) in [5, 5.41) is 0. The van der Waals surface area contributed by atoms with Crippen molar-refractivity contribution in [3.63, 3.8) is 0 Å². The Morgan fingerprint density at radius 2 is 2.26 bits per heavy atom. The Balaban J connectivity index is 1.74. The molecule has 3 rings (SSSR count). The van der Waals surface area contributed by atoms with Gasteiger partial charge >= 0.3 is 0 Å². The molecule has 124 valence electrons. The van der Waals surface area contributed by atoms with E-state index in [9.17, 15) is 8.60 Å². The summed E-state index contributed by atoms with van der Waals surface area (Å²) in [4.78, 5) is 6.43. The molecule has 1 aliphatic heterocycles. The van der Waals surface area contributed by atoms with Crippen molar-refractivity contribution in [2.75, 3.05) is 42.6 Å². The van der Waals surface area contributed by atoms with Crippen LogP contribution in [-0.2, 0) is 10.8 Å². The van der Waals surface area contributed by atoms with Crippen molar-refractivity contribution in [2.24, 2.45) is 5.73 Å². The maximum Gasteiger partial charge on any atom is 0.298 e. The normalized spacial score (nSPS) is 17.0. The second-order valence-electron chi connectivity index (χ2n) is 5.22. The minimum atomic E-state index is -0.743. The van der Waals surface area contributed by atoms with E-state index in [1.54, 1.807) is 18.2 Å². The van der Waals surface area contributed by atoms with Crippen molar-refractivity contribution in [1.82, 2.24) is 4.98 Å². The first-order valence-electron chi connectivity index (χ1n) is 7.31. The molecule has 1 aliphatic rings. The predicted octanol–water partition coefficient (Wildman–Crippen LogP) is 1.59. The molecule has 1 saturated heterocycles. The van der Waals surface area contributed by atoms with Crippen LogP contribution in [0.15, 0.2) is 34.5 Å². The second kappa shape index (κ2) is 7.10. The van der Waals surface area contributed by atoms with Gasteiger partial charge in [0.25, 0.3) is 6.01 Å². The van der Waals surface area contributed by atoms with Crippen molar-refractivity contribution in [3.05, 3.63) is 30.1 Å². The zero-order valence-corrected chi connectivity index (χ0v) is 13.4. The monoisotopic (exact) mass is 339 g/mol. The molecular weight excluding hydrogens is 321 g/mol. The maximum atomic E-state index is 12.5. The third-order valence-electron chi connectivity index (χ3n) is 3.64. The van der Waals surface area contributed by atoms with Crippen molar-refractivity contribution in [3.8, 4) is 5.75 Å². The van der Waals surface area contributed by atoms with Crippen molar-refractivity contribution in [1.29, 1.82) is 0 Å². The molecule has 1 aromatic carbocycles. The zero-order chi connectivity index (χ0) is 16.2. The summed E-state index contributed by atoms with van der Waals surface area (Å²) in [6, 6.07) is 5.80. The Hall–Kier alpha value is -1.93. The summed E-state index contributed by atoms with van der Waals surface area (Å²) >= 11 is 0. The summed E-state index contributed by atoms with van der Waals surface area (Å²) < 4.78 is 35.1. The van der Waals surface area contributed by atoms with Gasteiger partial charge in [-0.25, -0.2) is 4.39 Å². The van der Waals surface area contributed by atoms with Gasteiger partial charge in [0.1, 0.15) is 17.9 Å². The van der Waals surface area contributed by atoms with E-state index >= 15 is 0 Å². The highest BCUT2D eigenvalue weighted by molar-refractivity contribution is 7.85. The molecule has 23 heavy (non-hydrogen) atoms. The number of hydrogen-bond acceptors (Lipinski definition) is 6. The van der Waals surface area contributed by atoms with Gasteiger partial charge in [-0.3, -0.25) is 4.21 Å². The summed E-state index contributed by atoms with van der Waals surface area (Å²) in [5.74, 6) is 1.82. The Bertz CT molecular complexity index is 737. The van der Waals surface area contributed by atoms with Crippen LogP contribution in [0.2, 0.25) is 0 Å². The Kier molecular flexibility index (Phi) is 4.92. The summed E-state index contributed by atoms with van der Waals surface area (Å²) in [6.07, 6.45) is 0.464.